The van der Waals surface area contributed by atoms with Gasteiger partial charge in [-0.3, -0.25) is 24.6 Å². The number of nitro benzene ring substituents is 1. The molecule has 1 aliphatic rings. The molecule has 0 saturated carbocycles. The van der Waals surface area contributed by atoms with Gasteiger partial charge < -0.3 is 9.47 Å². The van der Waals surface area contributed by atoms with E-state index < -0.39 is 33.5 Å². The van der Waals surface area contributed by atoms with Gasteiger partial charge >= 0.3 is 11.9 Å². The highest BCUT2D eigenvalue weighted by molar-refractivity contribution is 8.18. The fourth-order valence-electron chi connectivity index (χ4n) is 3.45. The van der Waals surface area contributed by atoms with Gasteiger partial charge in [0.05, 0.1) is 21.9 Å². The number of hydrogen-bond acceptors (Lipinski definition) is 7. The Hall–Kier alpha value is -4.32. The van der Waals surface area contributed by atoms with E-state index in [2.05, 4.69) is 0 Å². The van der Waals surface area contributed by atoms with Crippen molar-refractivity contribution in [2.45, 2.75) is 13.1 Å². The largest absolute Gasteiger partial charge is 0.492 e. The first-order chi connectivity index (χ1) is 18.0. The number of nitro groups is 1. The molecular formula is C26H19F3N2O6S. The number of nitrogens with zero attached hydrogens (tertiary/aromatic N) is 2. The van der Waals surface area contributed by atoms with E-state index in [0.29, 0.717) is 23.4 Å². The van der Waals surface area contributed by atoms with Gasteiger partial charge in [-0.05, 0) is 66.7 Å². The molecule has 2 amide bonds. The van der Waals surface area contributed by atoms with E-state index in [9.17, 15) is 32.9 Å². The predicted molar refractivity (Wildman–Crippen MR) is 134 cm³/mol. The van der Waals surface area contributed by atoms with Gasteiger partial charge in [0.15, 0.2) is 0 Å². The first-order valence-electron chi connectivity index (χ1n) is 11.1. The second-order valence-corrected chi connectivity index (χ2v) is 9.10. The molecule has 0 aliphatic carbocycles. The van der Waals surface area contributed by atoms with E-state index in [1.807, 2.05) is 19.1 Å². The molecule has 0 unspecified atom stereocenters. The van der Waals surface area contributed by atoms with Crippen molar-refractivity contribution in [1.29, 1.82) is 0 Å². The predicted octanol–water partition coefficient (Wildman–Crippen LogP) is 6.83. The summed E-state index contributed by atoms with van der Waals surface area (Å²) in [6, 6.07) is 15.3. The van der Waals surface area contributed by atoms with E-state index in [-0.39, 0.29) is 29.6 Å². The van der Waals surface area contributed by atoms with Gasteiger partial charge in [0, 0.05) is 6.07 Å². The van der Waals surface area contributed by atoms with Gasteiger partial charge in [0.25, 0.3) is 11.1 Å². The topological polar surface area (TPSA) is 99.0 Å². The van der Waals surface area contributed by atoms with Gasteiger partial charge in [-0.15, -0.1) is 0 Å². The Morgan fingerprint density at radius 1 is 1.03 bits per heavy atom. The summed E-state index contributed by atoms with van der Waals surface area (Å²) in [4.78, 5) is 36.7. The normalized spacial score (nSPS) is 14.7. The second kappa shape index (κ2) is 11.0. The van der Waals surface area contributed by atoms with Crippen molar-refractivity contribution in [3.05, 3.63) is 98.4 Å². The maximum Gasteiger partial charge on any atom is 0.416 e. The first-order valence-corrected chi connectivity index (χ1v) is 11.9. The third-order valence-corrected chi connectivity index (χ3v) is 6.25. The molecule has 12 heteroatoms. The van der Waals surface area contributed by atoms with Crippen molar-refractivity contribution < 1.29 is 37.2 Å². The van der Waals surface area contributed by atoms with E-state index in [4.69, 9.17) is 9.47 Å². The molecule has 0 radical (unpaired) electrons. The summed E-state index contributed by atoms with van der Waals surface area (Å²) in [6.07, 6.45) is -3.29. The summed E-state index contributed by atoms with van der Waals surface area (Å²) in [5.74, 6) is -0.179. The van der Waals surface area contributed by atoms with Crippen LogP contribution < -0.4 is 9.47 Å². The van der Waals surface area contributed by atoms with Crippen LogP contribution in [0.4, 0.5) is 23.7 Å². The molecule has 38 heavy (non-hydrogen) atoms. The maximum absolute atomic E-state index is 12.9. The van der Waals surface area contributed by atoms with Crippen molar-refractivity contribution >= 4 is 34.7 Å². The second-order valence-electron chi connectivity index (χ2n) is 8.11. The van der Waals surface area contributed by atoms with Gasteiger partial charge in [-0.25, -0.2) is 0 Å². The molecule has 0 spiro atoms. The molecule has 0 bridgehead atoms. The molecule has 1 saturated heterocycles. The van der Waals surface area contributed by atoms with Crippen LogP contribution in [0.25, 0.3) is 6.08 Å². The monoisotopic (exact) mass is 544 g/mol. The summed E-state index contributed by atoms with van der Waals surface area (Å²) < 4.78 is 49.9. The lowest BCUT2D eigenvalue weighted by Gasteiger charge is -2.13. The van der Waals surface area contributed by atoms with Crippen molar-refractivity contribution in [2.24, 2.45) is 0 Å². The number of thioether (sulfide) groups is 1. The highest BCUT2D eigenvalue weighted by Gasteiger charge is 2.35. The Balaban J connectivity index is 1.46. The molecule has 0 N–H and O–H groups in total. The van der Waals surface area contributed by atoms with Crippen LogP contribution in [0.2, 0.25) is 0 Å². The van der Waals surface area contributed by atoms with Crippen LogP contribution >= 0.6 is 11.8 Å². The fourth-order valence-corrected chi connectivity index (χ4v) is 4.32. The van der Waals surface area contributed by atoms with Gasteiger partial charge in [-0.2, -0.15) is 13.2 Å². The summed E-state index contributed by atoms with van der Waals surface area (Å²) in [6.45, 7) is 2.11. The molecule has 3 aromatic carbocycles. The fraction of sp³-hybridized carbons (Fsp3) is 0.154. The number of amides is 2. The van der Waals surface area contributed by atoms with Crippen molar-refractivity contribution in [3.8, 4) is 17.2 Å². The van der Waals surface area contributed by atoms with Crippen LogP contribution in [0.3, 0.4) is 0 Å². The number of imide groups is 1. The number of rotatable bonds is 8. The number of ether oxygens (including phenoxy) is 2. The molecule has 1 aliphatic heterocycles. The summed E-state index contributed by atoms with van der Waals surface area (Å²) in [5, 5.41) is 10.9. The lowest BCUT2D eigenvalue weighted by Crippen LogP contribution is -2.32. The Morgan fingerprint density at radius 3 is 2.45 bits per heavy atom. The molecule has 3 aromatic rings. The minimum Gasteiger partial charge on any atom is -0.492 e. The van der Waals surface area contributed by atoms with E-state index in [0.717, 1.165) is 28.3 Å². The smallest absolute Gasteiger partial charge is 0.416 e. The average molecular weight is 545 g/mol. The number of aryl methyl sites for hydroxylation is 1. The van der Waals surface area contributed by atoms with Crippen LogP contribution in [0.15, 0.2) is 71.6 Å². The molecule has 0 atom stereocenters. The van der Waals surface area contributed by atoms with Crippen molar-refractivity contribution in [3.63, 3.8) is 0 Å². The van der Waals surface area contributed by atoms with Gasteiger partial charge in [0.1, 0.15) is 18.1 Å². The Morgan fingerprint density at radius 2 is 1.76 bits per heavy atom. The van der Waals surface area contributed by atoms with Crippen molar-refractivity contribution in [2.75, 3.05) is 13.2 Å². The molecule has 196 valence electrons. The van der Waals surface area contributed by atoms with Crippen LogP contribution in [0.5, 0.6) is 17.2 Å². The van der Waals surface area contributed by atoms with E-state index >= 15 is 0 Å². The minimum atomic E-state index is -4.75. The number of alkyl halides is 3. The maximum atomic E-state index is 12.9. The number of carbonyl (C=O) groups is 2. The third-order valence-electron chi connectivity index (χ3n) is 5.34. The first kappa shape index (κ1) is 26.7. The summed E-state index contributed by atoms with van der Waals surface area (Å²) >= 11 is 0.751. The zero-order valence-electron chi connectivity index (χ0n) is 19.7. The zero-order valence-corrected chi connectivity index (χ0v) is 20.5. The molecule has 1 fully saturated rings. The highest BCUT2D eigenvalue weighted by Crippen LogP contribution is 2.38. The van der Waals surface area contributed by atoms with Crippen LogP contribution in [-0.4, -0.2) is 34.1 Å². The lowest BCUT2D eigenvalue weighted by atomic mass is 10.1. The number of halogens is 3. The average Bonchev–Trinajstić information content (AvgIpc) is 3.12. The SMILES string of the molecule is Cc1ccc(OCCN2C(=O)S/C(=C\c3cccc(Oc4ccc(C(F)(F)F)cc4[N+](=O)[O-])c3)C2=O)cc1. The quantitative estimate of drug-likeness (QED) is 0.174. The Labute approximate surface area is 218 Å². The van der Waals surface area contributed by atoms with Gasteiger partial charge in [-0.1, -0.05) is 29.8 Å². The van der Waals surface area contributed by atoms with Crippen LogP contribution in [0, 0.1) is 17.0 Å². The van der Waals surface area contributed by atoms with Gasteiger partial charge in [0.2, 0.25) is 5.75 Å². The highest BCUT2D eigenvalue weighted by atomic mass is 32.2. The Kier molecular flexibility index (Phi) is 7.72. The van der Waals surface area contributed by atoms with E-state index in [1.54, 1.807) is 18.2 Å². The molecular weight excluding hydrogens is 525 g/mol. The number of benzene rings is 3. The summed E-state index contributed by atoms with van der Waals surface area (Å²) in [7, 11) is 0. The minimum absolute atomic E-state index is 0.0522. The van der Waals surface area contributed by atoms with Crippen molar-refractivity contribution in [1.82, 2.24) is 4.90 Å². The molecule has 4 rings (SSSR count). The van der Waals surface area contributed by atoms with Crippen LogP contribution in [0.1, 0.15) is 16.7 Å². The molecule has 8 nitrogen and oxygen atoms in total. The lowest BCUT2D eigenvalue weighted by molar-refractivity contribution is -0.385. The zero-order chi connectivity index (χ0) is 27.4. The standard InChI is InChI=1S/C26H19F3N2O6S/c1-16-5-8-19(9-6-16)36-12-11-30-24(32)23(38-25(30)33)14-17-3-2-4-20(13-17)37-22-10-7-18(26(27,28)29)15-21(22)31(34)35/h2-10,13-15H,11-12H2,1H3/b23-14-. The van der Waals surface area contributed by atoms with Crippen LogP contribution in [-0.2, 0) is 11.0 Å². The number of hydrogen-bond donors (Lipinski definition) is 0. The molecule has 0 aromatic heterocycles. The third kappa shape index (κ3) is 6.32. The van der Waals surface area contributed by atoms with E-state index in [1.165, 1.54) is 24.3 Å². The summed E-state index contributed by atoms with van der Waals surface area (Å²) in [5.41, 5.74) is -0.511. The number of carbonyl (C=O) groups excluding carboxylic acids is 2. The molecule has 1 heterocycles. The Bertz CT molecular complexity index is 1420.